The minimum Gasteiger partial charge on any atom is -0.338 e. The number of benzene rings is 1. The van der Waals surface area contributed by atoms with E-state index in [1.54, 1.807) is 6.92 Å². The van der Waals surface area contributed by atoms with Crippen molar-refractivity contribution in [2.45, 2.75) is 45.2 Å². The maximum Gasteiger partial charge on any atom is 0.219 e. The van der Waals surface area contributed by atoms with Crippen LogP contribution in [0.5, 0.6) is 0 Å². The Hall–Kier alpha value is -1.98. The first-order valence-corrected chi connectivity index (χ1v) is 10.0. The molecule has 1 aromatic carbocycles. The number of hydrogen-bond acceptors (Lipinski definition) is 4. The minimum atomic E-state index is 0.118. The Kier molecular flexibility index (Phi) is 5.41. The number of carbonyl (C=O) groups excluding carboxylic acids is 1. The molecule has 27 heavy (non-hydrogen) atoms. The first-order chi connectivity index (χ1) is 13.1. The quantitative estimate of drug-likeness (QED) is 0.813. The molecule has 2 aromatic rings. The summed E-state index contributed by atoms with van der Waals surface area (Å²) < 4.78 is 0. The molecule has 1 atom stereocenters. The van der Waals surface area contributed by atoms with Crippen LogP contribution in [0.25, 0.3) is 0 Å². The summed E-state index contributed by atoms with van der Waals surface area (Å²) >= 11 is 6.33. The summed E-state index contributed by atoms with van der Waals surface area (Å²) in [5.74, 6) is 1.43. The molecule has 4 rings (SSSR count). The van der Waals surface area contributed by atoms with Gasteiger partial charge in [-0.15, -0.1) is 0 Å². The van der Waals surface area contributed by atoms with Crippen LogP contribution in [0.3, 0.4) is 0 Å². The molecule has 0 bridgehead atoms. The Balaban J connectivity index is 1.46. The number of carbonyl (C=O) groups is 1. The molecular formula is C21H25ClN4O. The summed E-state index contributed by atoms with van der Waals surface area (Å²) in [6.07, 6.45) is 5.02. The molecule has 142 valence electrons. The van der Waals surface area contributed by atoms with Gasteiger partial charge in [-0.2, -0.15) is 0 Å². The minimum absolute atomic E-state index is 0.118. The predicted octanol–water partition coefficient (Wildman–Crippen LogP) is 3.41. The first kappa shape index (κ1) is 18.4. The number of rotatable bonds is 3. The third-order valence-corrected chi connectivity index (χ3v) is 5.99. The van der Waals surface area contributed by atoms with E-state index < -0.39 is 0 Å². The Morgan fingerprint density at radius 1 is 1.30 bits per heavy atom. The zero-order chi connectivity index (χ0) is 18.8. The van der Waals surface area contributed by atoms with Crippen molar-refractivity contribution in [3.8, 4) is 0 Å². The number of nitrogens with zero attached hydrogens (tertiary/aromatic N) is 4. The second kappa shape index (κ2) is 7.95. The number of halogens is 1. The third kappa shape index (κ3) is 4.14. The summed E-state index contributed by atoms with van der Waals surface area (Å²) in [5.41, 5.74) is 3.38. The molecule has 1 amide bonds. The highest BCUT2D eigenvalue weighted by Gasteiger charge is 2.26. The lowest BCUT2D eigenvalue weighted by Crippen LogP contribution is -2.36. The lowest BCUT2D eigenvalue weighted by Gasteiger charge is -2.33. The van der Waals surface area contributed by atoms with Gasteiger partial charge in [0.15, 0.2) is 0 Å². The van der Waals surface area contributed by atoms with Crippen molar-refractivity contribution in [2.24, 2.45) is 0 Å². The van der Waals surface area contributed by atoms with Crippen molar-refractivity contribution < 1.29 is 4.79 Å². The van der Waals surface area contributed by atoms with Crippen molar-refractivity contribution in [1.29, 1.82) is 0 Å². The SMILES string of the molecule is CC(=O)N1CCc2nc(C3CCCN(Cc4ccccc4Cl)C3)ncc2C1. The topological polar surface area (TPSA) is 49.3 Å². The number of piperidine rings is 1. The maximum absolute atomic E-state index is 11.6. The van der Waals surface area contributed by atoms with Crippen LogP contribution in [-0.2, 0) is 24.3 Å². The van der Waals surface area contributed by atoms with Gasteiger partial charge in [0.1, 0.15) is 5.82 Å². The lowest BCUT2D eigenvalue weighted by molar-refractivity contribution is -0.129. The first-order valence-electron chi connectivity index (χ1n) is 9.66. The van der Waals surface area contributed by atoms with E-state index in [2.05, 4.69) is 16.0 Å². The molecule has 2 aliphatic rings. The lowest BCUT2D eigenvalue weighted by atomic mass is 9.96. The molecule has 1 saturated heterocycles. The zero-order valence-electron chi connectivity index (χ0n) is 15.7. The largest absolute Gasteiger partial charge is 0.338 e. The van der Waals surface area contributed by atoms with Gasteiger partial charge in [-0.05, 0) is 31.0 Å². The Labute approximate surface area is 165 Å². The van der Waals surface area contributed by atoms with Gasteiger partial charge in [-0.25, -0.2) is 9.97 Å². The Morgan fingerprint density at radius 3 is 2.96 bits per heavy atom. The summed E-state index contributed by atoms with van der Waals surface area (Å²) in [4.78, 5) is 25.5. The van der Waals surface area contributed by atoms with Crippen molar-refractivity contribution in [2.75, 3.05) is 19.6 Å². The van der Waals surface area contributed by atoms with Crippen LogP contribution >= 0.6 is 11.6 Å². The molecule has 0 radical (unpaired) electrons. The molecule has 0 N–H and O–H groups in total. The fourth-order valence-corrected chi connectivity index (χ4v) is 4.27. The molecule has 0 aliphatic carbocycles. The van der Waals surface area contributed by atoms with Crippen molar-refractivity contribution in [3.05, 3.63) is 58.1 Å². The molecule has 2 aliphatic heterocycles. The van der Waals surface area contributed by atoms with Crippen molar-refractivity contribution >= 4 is 17.5 Å². The van der Waals surface area contributed by atoms with Gasteiger partial charge in [0.05, 0.1) is 5.69 Å². The fraction of sp³-hybridized carbons (Fsp3) is 0.476. The van der Waals surface area contributed by atoms with Crippen LogP contribution < -0.4 is 0 Å². The third-order valence-electron chi connectivity index (χ3n) is 5.62. The summed E-state index contributed by atoms with van der Waals surface area (Å²) in [5, 5.41) is 0.833. The van der Waals surface area contributed by atoms with Crippen molar-refractivity contribution in [3.63, 3.8) is 0 Å². The van der Waals surface area contributed by atoms with Gasteiger partial charge < -0.3 is 4.90 Å². The second-order valence-corrected chi connectivity index (χ2v) is 7.96. The van der Waals surface area contributed by atoms with Gasteiger partial charge in [-0.3, -0.25) is 9.69 Å². The van der Waals surface area contributed by atoms with Crippen LogP contribution in [0.2, 0.25) is 5.02 Å². The standard InChI is InChI=1S/C21H25ClN4O/c1-15(27)26-10-8-20-18(14-26)11-23-21(24-20)17-6-4-9-25(13-17)12-16-5-2-3-7-19(16)22/h2-3,5,7,11,17H,4,6,8-10,12-14H2,1H3. The van der Waals surface area contributed by atoms with Gasteiger partial charge in [0.2, 0.25) is 5.91 Å². The van der Waals surface area contributed by atoms with Crippen LogP contribution in [0, 0.1) is 0 Å². The maximum atomic E-state index is 11.6. The highest BCUT2D eigenvalue weighted by atomic mass is 35.5. The molecule has 3 heterocycles. The Morgan fingerprint density at radius 2 is 2.15 bits per heavy atom. The normalized spacial score (nSPS) is 20.4. The summed E-state index contributed by atoms with van der Waals surface area (Å²) in [7, 11) is 0. The molecule has 1 aromatic heterocycles. The van der Waals surface area contributed by atoms with E-state index in [0.29, 0.717) is 12.5 Å². The number of amides is 1. The fourth-order valence-electron chi connectivity index (χ4n) is 4.07. The van der Waals surface area contributed by atoms with E-state index in [-0.39, 0.29) is 5.91 Å². The summed E-state index contributed by atoms with van der Waals surface area (Å²) in [6.45, 7) is 5.92. The smallest absolute Gasteiger partial charge is 0.219 e. The van der Waals surface area contributed by atoms with E-state index in [1.165, 1.54) is 5.56 Å². The molecular weight excluding hydrogens is 360 g/mol. The average Bonchev–Trinajstić information content (AvgIpc) is 2.69. The van der Waals surface area contributed by atoms with E-state index >= 15 is 0 Å². The van der Waals surface area contributed by atoms with Crippen molar-refractivity contribution in [1.82, 2.24) is 19.8 Å². The van der Waals surface area contributed by atoms with Gasteiger partial charge >= 0.3 is 0 Å². The van der Waals surface area contributed by atoms with E-state index in [4.69, 9.17) is 16.6 Å². The molecule has 1 unspecified atom stereocenters. The predicted molar refractivity (Wildman–Crippen MR) is 106 cm³/mol. The number of likely N-dealkylation sites (tertiary alicyclic amines) is 1. The van der Waals surface area contributed by atoms with E-state index in [1.807, 2.05) is 29.3 Å². The molecule has 0 spiro atoms. The monoisotopic (exact) mass is 384 g/mol. The number of aromatic nitrogens is 2. The van der Waals surface area contributed by atoms with Gasteiger partial charge in [0, 0.05) is 62.2 Å². The molecule has 0 saturated carbocycles. The second-order valence-electron chi connectivity index (χ2n) is 7.56. The highest BCUT2D eigenvalue weighted by Crippen LogP contribution is 2.28. The van der Waals surface area contributed by atoms with Crippen LogP contribution in [0.1, 0.15) is 48.3 Å². The molecule has 1 fully saturated rings. The average molecular weight is 385 g/mol. The van der Waals surface area contributed by atoms with Crippen LogP contribution in [-0.4, -0.2) is 45.3 Å². The zero-order valence-corrected chi connectivity index (χ0v) is 16.5. The Bertz CT molecular complexity index is 841. The van der Waals surface area contributed by atoms with Gasteiger partial charge in [-0.1, -0.05) is 29.8 Å². The number of fused-ring (bicyclic) bond motifs is 1. The molecule has 6 heteroatoms. The van der Waals surface area contributed by atoms with E-state index in [9.17, 15) is 4.79 Å². The van der Waals surface area contributed by atoms with E-state index in [0.717, 1.165) is 67.5 Å². The van der Waals surface area contributed by atoms with Crippen LogP contribution in [0.15, 0.2) is 30.5 Å². The van der Waals surface area contributed by atoms with Gasteiger partial charge in [0.25, 0.3) is 0 Å². The molecule has 5 nitrogen and oxygen atoms in total. The number of hydrogen-bond donors (Lipinski definition) is 0. The summed E-state index contributed by atoms with van der Waals surface area (Å²) in [6, 6.07) is 8.07. The highest BCUT2D eigenvalue weighted by molar-refractivity contribution is 6.31. The van der Waals surface area contributed by atoms with Crippen LogP contribution in [0.4, 0.5) is 0 Å².